The van der Waals surface area contributed by atoms with E-state index in [1.54, 1.807) is 0 Å². The monoisotopic (exact) mass is 237 g/mol. The summed E-state index contributed by atoms with van der Waals surface area (Å²) in [6.45, 7) is 6.21. The second kappa shape index (κ2) is 3.95. The first kappa shape index (κ1) is 11.0. The first-order valence-corrected chi connectivity index (χ1v) is 6.03. The molecule has 0 atom stereocenters. The number of benzene rings is 1. The van der Waals surface area contributed by atoms with Crippen LogP contribution < -0.4 is 0 Å². The summed E-state index contributed by atoms with van der Waals surface area (Å²) in [7, 11) is 0. The summed E-state index contributed by atoms with van der Waals surface area (Å²) in [6.07, 6.45) is 1.81. The highest BCUT2D eigenvalue weighted by atomic mass is 14.9. The van der Waals surface area contributed by atoms with E-state index in [0.717, 1.165) is 28.1 Å². The van der Waals surface area contributed by atoms with E-state index in [1.165, 1.54) is 11.1 Å². The Morgan fingerprint density at radius 2 is 1.78 bits per heavy atom. The van der Waals surface area contributed by atoms with Crippen LogP contribution in [0.15, 0.2) is 30.5 Å². The summed E-state index contributed by atoms with van der Waals surface area (Å²) in [5, 5.41) is 0. The predicted molar refractivity (Wildman–Crippen MR) is 73.5 cm³/mol. The minimum Gasteiger partial charge on any atom is -0.338 e. The molecule has 1 N–H and O–H groups in total. The molecule has 18 heavy (non-hydrogen) atoms. The third kappa shape index (κ3) is 1.78. The molecule has 0 radical (unpaired) electrons. The van der Waals surface area contributed by atoms with Gasteiger partial charge in [0.25, 0.3) is 0 Å². The van der Waals surface area contributed by atoms with Crippen LogP contribution in [-0.4, -0.2) is 15.0 Å². The van der Waals surface area contributed by atoms with Gasteiger partial charge < -0.3 is 4.98 Å². The van der Waals surface area contributed by atoms with Gasteiger partial charge in [-0.2, -0.15) is 0 Å². The molecule has 0 fully saturated rings. The Morgan fingerprint density at radius 1 is 1.00 bits per heavy atom. The quantitative estimate of drug-likeness (QED) is 0.703. The molecule has 3 aromatic rings. The van der Waals surface area contributed by atoms with Gasteiger partial charge in [-0.15, -0.1) is 0 Å². The number of imidazole rings is 1. The molecule has 0 spiro atoms. The zero-order valence-corrected chi connectivity index (χ0v) is 10.8. The molecule has 90 valence electrons. The fourth-order valence-electron chi connectivity index (χ4n) is 2.10. The van der Waals surface area contributed by atoms with Crippen LogP contribution in [0.2, 0.25) is 0 Å². The fourth-order valence-corrected chi connectivity index (χ4v) is 2.10. The highest BCUT2D eigenvalue weighted by molar-refractivity contribution is 5.80. The van der Waals surface area contributed by atoms with E-state index >= 15 is 0 Å². The number of nitrogens with zero attached hydrogens (tertiary/aromatic N) is 2. The van der Waals surface area contributed by atoms with Gasteiger partial charge in [0.1, 0.15) is 5.82 Å². The van der Waals surface area contributed by atoms with Gasteiger partial charge >= 0.3 is 0 Å². The highest BCUT2D eigenvalue weighted by Crippen LogP contribution is 2.22. The molecule has 3 rings (SSSR count). The number of fused-ring (bicyclic) bond motifs is 1. The van der Waals surface area contributed by atoms with E-state index in [4.69, 9.17) is 0 Å². The van der Waals surface area contributed by atoms with Gasteiger partial charge in [-0.25, -0.2) is 4.98 Å². The van der Waals surface area contributed by atoms with Crippen LogP contribution in [0.1, 0.15) is 16.8 Å². The van der Waals surface area contributed by atoms with Crippen LogP contribution in [0.4, 0.5) is 0 Å². The topological polar surface area (TPSA) is 41.6 Å². The van der Waals surface area contributed by atoms with Crippen LogP contribution in [0.25, 0.3) is 22.4 Å². The zero-order chi connectivity index (χ0) is 12.7. The molecule has 2 aromatic heterocycles. The maximum Gasteiger partial charge on any atom is 0.138 e. The molecule has 0 aliphatic rings. The first-order chi connectivity index (χ1) is 8.63. The Balaban J connectivity index is 2.19. The second-order valence-corrected chi connectivity index (χ2v) is 4.72. The van der Waals surface area contributed by atoms with E-state index in [-0.39, 0.29) is 0 Å². The third-order valence-corrected chi connectivity index (χ3v) is 3.27. The van der Waals surface area contributed by atoms with Gasteiger partial charge in [0.05, 0.1) is 11.0 Å². The van der Waals surface area contributed by atoms with Crippen molar-refractivity contribution in [1.82, 2.24) is 15.0 Å². The molecule has 0 unspecified atom stereocenters. The number of H-pyrrole nitrogens is 1. The largest absolute Gasteiger partial charge is 0.338 e. The first-order valence-electron chi connectivity index (χ1n) is 6.03. The minimum absolute atomic E-state index is 0.903. The van der Waals surface area contributed by atoms with Crippen molar-refractivity contribution in [3.63, 3.8) is 0 Å². The second-order valence-electron chi connectivity index (χ2n) is 4.72. The van der Waals surface area contributed by atoms with Crippen LogP contribution >= 0.6 is 0 Å². The average Bonchev–Trinajstić information content (AvgIpc) is 2.73. The van der Waals surface area contributed by atoms with Gasteiger partial charge in [0, 0.05) is 17.5 Å². The molecule has 0 saturated carbocycles. The molecule has 0 bridgehead atoms. The average molecular weight is 237 g/mol. The van der Waals surface area contributed by atoms with Gasteiger partial charge in [-0.05, 0) is 56.2 Å². The molecule has 0 aliphatic heterocycles. The lowest BCUT2D eigenvalue weighted by Gasteiger charge is -1.97. The van der Waals surface area contributed by atoms with Crippen molar-refractivity contribution >= 4 is 11.0 Å². The van der Waals surface area contributed by atoms with Crippen molar-refractivity contribution in [1.29, 1.82) is 0 Å². The van der Waals surface area contributed by atoms with Crippen molar-refractivity contribution in [2.75, 3.05) is 0 Å². The summed E-state index contributed by atoms with van der Waals surface area (Å²) in [4.78, 5) is 12.2. The van der Waals surface area contributed by atoms with E-state index in [1.807, 2.05) is 25.3 Å². The molecule has 1 aromatic carbocycles. The molecule has 3 heteroatoms. The minimum atomic E-state index is 0.903. The maximum absolute atomic E-state index is 4.64. The lowest BCUT2D eigenvalue weighted by molar-refractivity contribution is 1.19. The van der Waals surface area contributed by atoms with Crippen molar-refractivity contribution in [3.8, 4) is 11.4 Å². The van der Waals surface area contributed by atoms with E-state index in [9.17, 15) is 0 Å². The third-order valence-electron chi connectivity index (χ3n) is 3.27. The number of hydrogen-bond acceptors (Lipinski definition) is 2. The zero-order valence-electron chi connectivity index (χ0n) is 10.8. The van der Waals surface area contributed by atoms with Gasteiger partial charge in [-0.1, -0.05) is 0 Å². The summed E-state index contributed by atoms with van der Waals surface area (Å²) < 4.78 is 0. The number of hydrogen-bond donors (Lipinski definition) is 1. The Labute approximate surface area is 106 Å². The number of nitrogens with one attached hydrogen (secondary N) is 1. The van der Waals surface area contributed by atoms with Crippen LogP contribution in [-0.2, 0) is 0 Å². The fraction of sp³-hybridized carbons (Fsp3) is 0.200. The van der Waals surface area contributed by atoms with Crippen LogP contribution in [0.3, 0.4) is 0 Å². The Hall–Kier alpha value is -2.16. The summed E-state index contributed by atoms with van der Waals surface area (Å²) in [6, 6.07) is 8.29. The van der Waals surface area contributed by atoms with Gasteiger partial charge in [-0.3, -0.25) is 4.98 Å². The van der Waals surface area contributed by atoms with E-state index in [2.05, 4.69) is 40.9 Å². The summed E-state index contributed by atoms with van der Waals surface area (Å²) in [5.41, 5.74) is 6.73. The standard InChI is InChI=1S/C15H15N3/c1-9-6-13-14(7-10(9)2)18-15(17-13)12-4-5-16-11(3)8-12/h4-8H,1-3H3,(H,17,18). The number of aromatic nitrogens is 3. The molecule has 2 heterocycles. The Kier molecular flexibility index (Phi) is 2.40. The van der Waals surface area contributed by atoms with Crippen molar-refractivity contribution in [3.05, 3.63) is 47.3 Å². The van der Waals surface area contributed by atoms with Crippen molar-refractivity contribution in [2.45, 2.75) is 20.8 Å². The smallest absolute Gasteiger partial charge is 0.138 e. The van der Waals surface area contributed by atoms with E-state index < -0.39 is 0 Å². The predicted octanol–water partition coefficient (Wildman–Crippen LogP) is 3.55. The number of rotatable bonds is 1. The number of aromatic amines is 1. The normalized spacial score (nSPS) is 11.1. The molecule has 0 saturated heterocycles. The highest BCUT2D eigenvalue weighted by Gasteiger charge is 2.07. The SMILES string of the molecule is Cc1cc(-c2nc3cc(C)c(C)cc3[nH]2)ccn1. The lowest BCUT2D eigenvalue weighted by Crippen LogP contribution is -1.84. The van der Waals surface area contributed by atoms with E-state index in [0.29, 0.717) is 0 Å². The van der Waals surface area contributed by atoms with Crippen molar-refractivity contribution < 1.29 is 0 Å². The lowest BCUT2D eigenvalue weighted by atomic mass is 10.1. The molecule has 0 aliphatic carbocycles. The molecular weight excluding hydrogens is 222 g/mol. The van der Waals surface area contributed by atoms with Gasteiger partial charge in [0.15, 0.2) is 0 Å². The molecule has 3 nitrogen and oxygen atoms in total. The summed E-state index contributed by atoms with van der Waals surface area (Å²) in [5.74, 6) is 0.903. The van der Waals surface area contributed by atoms with Gasteiger partial charge in [0.2, 0.25) is 0 Å². The van der Waals surface area contributed by atoms with Crippen LogP contribution in [0.5, 0.6) is 0 Å². The van der Waals surface area contributed by atoms with Crippen molar-refractivity contribution in [2.24, 2.45) is 0 Å². The Morgan fingerprint density at radius 3 is 2.56 bits per heavy atom. The number of aryl methyl sites for hydroxylation is 3. The number of pyridine rings is 1. The maximum atomic E-state index is 4.64. The summed E-state index contributed by atoms with van der Waals surface area (Å²) >= 11 is 0. The molecule has 0 amide bonds. The molecular formula is C15H15N3. The Bertz CT molecular complexity index is 687. The van der Waals surface area contributed by atoms with Crippen LogP contribution in [0, 0.1) is 20.8 Å².